The first kappa shape index (κ1) is 15.6. The molecule has 2 rings (SSSR count). The van der Waals surface area contributed by atoms with E-state index in [0.717, 1.165) is 12.1 Å². The van der Waals surface area contributed by atoms with E-state index in [1.165, 1.54) is 4.88 Å². The van der Waals surface area contributed by atoms with Crippen molar-refractivity contribution in [2.24, 2.45) is 0 Å². The van der Waals surface area contributed by atoms with Gasteiger partial charge < -0.3 is 10.2 Å². The molecule has 0 aliphatic carbocycles. The summed E-state index contributed by atoms with van der Waals surface area (Å²) in [5, 5.41) is 5.07. The molecule has 0 bridgehead atoms. The first-order chi connectivity index (χ1) is 10.2. The molecule has 1 heterocycles. The molecule has 0 aliphatic rings. The summed E-state index contributed by atoms with van der Waals surface area (Å²) in [4.78, 5) is 15.3. The zero-order valence-corrected chi connectivity index (χ0v) is 13.4. The lowest BCUT2D eigenvalue weighted by Gasteiger charge is -2.27. The second-order valence-electron chi connectivity index (χ2n) is 5.18. The van der Waals surface area contributed by atoms with Crippen LogP contribution in [0.25, 0.3) is 0 Å². The first-order valence-corrected chi connectivity index (χ1v) is 8.11. The molecule has 1 amide bonds. The fraction of sp³-hybridized carbons (Fsp3) is 0.353. The highest BCUT2D eigenvalue weighted by Gasteiger charge is 2.11. The molecule has 4 heteroatoms. The van der Waals surface area contributed by atoms with Gasteiger partial charge in [-0.3, -0.25) is 4.79 Å². The fourth-order valence-electron chi connectivity index (χ4n) is 2.10. The number of nitrogens with zero attached hydrogens (tertiary/aromatic N) is 1. The van der Waals surface area contributed by atoms with Crippen molar-refractivity contribution in [3.05, 3.63) is 52.7 Å². The van der Waals surface area contributed by atoms with Gasteiger partial charge in [-0.15, -0.1) is 11.3 Å². The highest BCUT2D eigenvalue weighted by atomic mass is 32.1. The third-order valence-corrected chi connectivity index (χ3v) is 4.53. The average molecular weight is 302 g/mol. The number of hydrogen-bond donors (Lipinski definition) is 1. The summed E-state index contributed by atoms with van der Waals surface area (Å²) in [5.41, 5.74) is 1.16. The van der Waals surface area contributed by atoms with Crippen molar-refractivity contribution in [3.63, 3.8) is 0 Å². The Morgan fingerprint density at radius 1 is 1.24 bits per heavy atom. The summed E-state index contributed by atoms with van der Waals surface area (Å²) >= 11 is 1.70. The zero-order chi connectivity index (χ0) is 15.1. The predicted octanol–water partition coefficient (Wildman–Crippen LogP) is 3.32. The Hall–Kier alpha value is -1.81. The third-order valence-electron chi connectivity index (χ3n) is 3.60. The van der Waals surface area contributed by atoms with Gasteiger partial charge in [0, 0.05) is 36.6 Å². The Kier molecular flexibility index (Phi) is 5.81. The van der Waals surface area contributed by atoms with Crippen LogP contribution in [0.5, 0.6) is 0 Å². The molecular formula is C17H22N2OS. The van der Waals surface area contributed by atoms with E-state index in [2.05, 4.69) is 42.4 Å². The number of anilines is 1. The van der Waals surface area contributed by atoms with Crippen LogP contribution in [0.15, 0.2) is 47.8 Å². The number of carbonyl (C=O) groups excluding carboxylic acids is 1. The van der Waals surface area contributed by atoms with Gasteiger partial charge in [0.2, 0.25) is 5.91 Å². The van der Waals surface area contributed by atoms with Gasteiger partial charge >= 0.3 is 0 Å². The normalized spacial score (nSPS) is 11.9. The molecule has 0 aliphatic heterocycles. The number of benzene rings is 1. The Labute approximate surface area is 130 Å². The highest BCUT2D eigenvalue weighted by molar-refractivity contribution is 7.09. The lowest BCUT2D eigenvalue weighted by molar-refractivity contribution is -0.121. The lowest BCUT2D eigenvalue weighted by atomic mass is 10.2. The van der Waals surface area contributed by atoms with Crippen LogP contribution in [0.4, 0.5) is 5.69 Å². The van der Waals surface area contributed by atoms with Crippen molar-refractivity contribution in [2.75, 3.05) is 18.5 Å². The van der Waals surface area contributed by atoms with Crippen molar-refractivity contribution >= 4 is 22.9 Å². The number of hydrogen-bond acceptors (Lipinski definition) is 3. The molecule has 0 fully saturated rings. The largest absolute Gasteiger partial charge is 0.370 e. The van der Waals surface area contributed by atoms with Gasteiger partial charge in [-0.05, 0) is 36.9 Å². The zero-order valence-electron chi connectivity index (χ0n) is 12.6. The first-order valence-electron chi connectivity index (χ1n) is 7.24. The van der Waals surface area contributed by atoms with E-state index < -0.39 is 0 Å². The number of nitrogens with one attached hydrogen (secondary N) is 1. The Morgan fingerprint density at radius 3 is 2.67 bits per heavy atom. The summed E-state index contributed by atoms with van der Waals surface area (Å²) < 4.78 is 0. The molecule has 1 aromatic carbocycles. The number of thiophene rings is 1. The van der Waals surface area contributed by atoms with Gasteiger partial charge in [0.15, 0.2) is 0 Å². The molecule has 21 heavy (non-hydrogen) atoms. The second-order valence-corrected chi connectivity index (χ2v) is 6.21. The molecule has 112 valence electrons. The maximum atomic E-state index is 11.9. The van der Waals surface area contributed by atoms with E-state index in [0.29, 0.717) is 13.0 Å². The molecule has 3 nitrogen and oxygen atoms in total. The summed E-state index contributed by atoms with van der Waals surface area (Å²) in [6, 6.07) is 14.6. The molecular weight excluding hydrogens is 280 g/mol. The predicted molar refractivity (Wildman–Crippen MR) is 90.0 cm³/mol. The van der Waals surface area contributed by atoms with Crippen LogP contribution in [-0.4, -0.2) is 25.5 Å². The quantitative estimate of drug-likeness (QED) is 0.851. The van der Waals surface area contributed by atoms with Gasteiger partial charge in [0.1, 0.15) is 0 Å². The molecule has 1 aromatic heterocycles. The molecule has 2 aromatic rings. The second kappa shape index (κ2) is 7.84. The number of aryl methyl sites for hydroxylation is 1. The number of amides is 1. The van der Waals surface area contributed by atoms with Crippen molar-refractivity contribution < 1.29 is 4.79 Å². The maximum Gasteiger partial charge on any atom is 0.220 e. The smallest absolute Gasteiger partial charge is 0.220 e. The summed E-state index contributed by atoms with van der Waals surface area (Å²) in [7, 11) is 2.05. The van der Waals surface area contributed by atoms with E-state index in [-0.39, 0.29) is 11.9 Å². The minimum Gasteiger partial charge on any atom is -0.370 e. The van der Waals surface area contributed by atoms with E-state index in [1.54, 1.807) is 11.3 Å². The van der Waals surface area contributed by atoms with Gasteiger partial charge in [-0.2, -0.15) is 0 Å². The Morgan fingerprint density at radius 2 is 2.00 bits per heavy atom. The molecule has 0 radical (unpaired) electrons. The van der Waals surface area contributed by atoms with Crippen LogP contribution in [0.1, 0.15) is 18.2 Å². The summed E-state index contributed by atoms with van der Waals surface area (Å²) in [6.07, 6.45) is 1.38. The van der Waals surface area contributed by atoms with Crippen LogP contribution in [0.2, 0.25) is 0 Å². The van der Waals surface area contributed by atoms with E-state index in [9.17, 15) is 4.79 Å². The van der Waals surface area contributed by atoms with Gasteiger partial charge in [0.05, 0.1) is 0 Å². The lowest BCUT2D eigenvalue weighted by Crippen LogP contribution is -2.40. The molecule has 0 unspecified atom stereocenters. The Balaban J connectivity index is 1.73. The van der Waals surface area contributed by atoms with Crippen LogP contribution >= 0.6 is 11.3 Å². The number of para-hydroxylation sites is 1. The summed E-state index contributed by atoms with van der Waals surface area (Å²) in [6.45, 7) is 2.78. The maximum absolute atomic E-state index is 11.9. The van der Waals surface area contributed by atoms with Crippen LogP contribution in [0.3, 0.4) is 0 Å². The standard InChI is InChI=1S/C17H22N2OS/c1-14(19(2)15-7-4-3-5-8-15)13-18-17(20)11-10-16-9-6-12-21-16/h3-9,12,14H,10-11,13H2,1-2H3,(H,18,20)/t14-/m0/s1. The third kappa shape index (κ3) is 4.90. The van der Waals surface area contributed by atoms with Gasteiger partial charge in [-0.1, -0.05) is 24.3 Å². The fourth-order valence-corrected chi connectivity index (χ4v) is 2.81. The van der Waals surface area contributed by atoms with E-state index >= 15 is 0 Å². The van der Waals surface area contributed by atoms with Crippen LogP contribution in [-0.2, 0) is 11.2 Å². The number of carbonyl (C=O) groups is 1. The van der Waals surface area contributed by atoms with Crippen molar-refractivity contribution in [2.45, 2.75) is 25.8 Å². The molecule has 0 saturated carbocycles. The summed E-state index contributed by atoms with van der Waals surface area (Å²) in [5.74, 6) is 0.122. The van der Waals surface area contributed by atoms with Gasteiger partial charge in [-0.25, -0.2) is 0 Å². The molecule has 1 atom stereocenters. The highest BCUT2D eigenvalue weighted by Crippen LogP contribution is 2.14. The SMILES string of the molecule is C[C@@H](CNC(=O)CCc1cccs1)N(C)c1ccccc1. The van der Waals surface area contributed by atoms with Crippen LogP contribution < -0.4 is 10.2 Å². The number of likely N-dealkylation sites (N-methyl/N-ethyl adjacent to an activating group) is 1. The van der Waals surface area contributed by atoms with E-state index in [4.69, 9.17) is 0 Å². The average Bonchev–Trinajstić information content (AvgIpc) is 3.04. The minimum absolute atomic E-state index is 0.122. The molecule has 0 spiro atoms. The van der Waals surface area contributed by atoms with Gasteiger partial charge in [0.25, 0.3) is 0 Å². The van der Waals surface area contributed by atoms with Crippen LogP contribution in [0, 0.1) is 0 Å². The van der Waals surface area contributed by atoms with Crippen molar-refractivity contribution in [1.82, 2.24) is 5.32 Å². The monoisotopic (exact) mass is 302 g/mol. The minimum atomic E-state index is 0.122. The number of rotatable bonds is 7. The van der Waals surface area contributed by atoms with Crippen molar-refractivity contribution in [1.29, 1.82) is 0 Å². The molecule has 0 saturated heterocycles. The van der Waals surface area contributed by atoms with E-state index in [1.807, 2.05) is 29.6 Å². The Bertz CT molecular complexity index is 539. The van der Waals surface area contributed by atoms with Crippen molar-refractivity contribution in [3.8, 4) is 0 Å². The topological polar surface area (TPSA) is 32.3 Å². The molecule has 1 N–H and O–H groups in total.